The smallest absolute Gasteiger partial charge is 0.247 e. The third-order valence-corrected chi connectivity index (χ3v) is 7.20. The molecular formula is C27H34N2O7. The fraction of sp³-hybridized carbons (Fsp3) is 0.519. The van der Waals surface area contributed by atoms with Crippen LogP contribution in [0.1, 0.15) is 60.9 Å². The molecule has 4 atom stereocenters. The van der Waals surface area contributed by atoms with Crippen LogP contribution in [0.4, 0.5) is 0 Å². The minimum absolute atomic E-state index is 0.0523. The molecule has 3 N–H and O–H groups in total. The molecule has 0 radical (unpaired) electrons. The number of aldehydes is 1. The van der Waals surface area contributed by atoms with E-state index in [4.69, 9.17) is 9.47 Å². The van der Waals surface area contributed by atoms with E-state index in [1.165, 1.54) is 13.2 Å². The largest absolute Gasteiger partial charge is 0.493 e. The van der Waals surface area contributed by atoms with Crippen molar-refractivity contribution in [3.05, 3.63) is 47.1 Å². The van der Waals surface area contributed by atoms with Crippen LogP contribution in [0.3, 0.4) is 0 Å². The van der Waals surface area contributed by atoms with Gasteiger partial charge >= 0.3 is 0 Å². The average molecular weight is 499 g/mol. The number of amides is 2. The number of methoxy groups -OCH3 is 1. The molecule has 4 rings (SSSR count). The maximum absolute atomic E-state index is 13.3. The third-order valence-electron chi connectivity index (χ3n) is 7.20. The second-order valence-electron chi connectivity index (χ2n) is 9.40. The highest BCUT2D eigenvalue weighted by Crippen LogP contribution is 2.51. The van der Waals surface area contributed by atoms with Gasteiger partial charge in [-0.2, -0.15) is 0 Å². The molecule has 1 saturated carbocycles. The van der Waals surface area contributed by atoms with Gasteiger partial charge in [0.05, 0.1) is 25.7 Å². The van der Waals surface area contributed by atoms with E-state index in [9.17, 15) is 24.6 Å². The van der Waals surface area contributed by atoms with Crippen molar-refractivity contribution in [3.8, 4) is 11.5 Å². The summed E-state index contributed by atoms with van der Waals surface area (Å²) in [6.45, 7) is 1.76. The van der Waals surface area contributed by atoms with Crippen LogP contribution in [0.15, 0.2) is 35.9 Å². The van der Waals surface area contributed by atoms with Gasteiger partial charge in [0.2, 0.25) is 11.8 Å². The molecular weight excluding hydrogens is 464 g/mol. The van der Waals surface area contributed by atoms with Crippen molar-refractivity contribution in [2.45, 2.75) is 69.2 Å². The molecule has 1 heterocycles. The van der Waals surface area contributed by atoms with Crippen molar-refractivity contribution >= 4 is 18.1 Å². The predicted octanol–water partition coefficient (Wildman–Crippen LogP) is 1.87. The monoisotopic (exact) mass is 498 g/mol. The second-order valence-corrected chi connectivity index (χ2v) is 9.40. The molecule has 1 aromatic rings. The average Bonchev–Trinajstić information content (AvgIpc) is 3.55. The lowest BCUT2D eigenvalue weighted by Gasteiger charge is -2.42. The zero-order valence-electron chi connectivity index (χ0n) is 20.7. The summed E-state index contributed by atoms with van der Waals surface area (Å²) in [6, 6.07) is 2.34. The van der Waals surface area contributed by atoms with Crippen molar-refractivity contribution in [3.63, 3.8) is 0 Å². The van der Waals surface area contributed by atoms with Gasteiger partial charge in [-0.15, -0.1) is 0 Å². The molecule has 4 unspecified atom stereocenters. The first kappa shape index (κ1) is 25.9. The van der Waals surface area contributed by atoms with Gasteiger partial charge in [-0.25, -0.2) is 0 Å². The highest BCUT2D eigenvalue weighted by molar-refractivity contribution is 5.97. The molecule has 1 fully saturated rings. The number of fused-ring (bicyclic) bond motifs is 3. The van der Waals surface area contributed by atoms with Crippen LogP contribution in [0.5, 0.6) is 11.5 Å². The van der Waals surface area contributed by atoms with E-state index in [1.54, 1.807) is 29.2 Å². The molecule has 2 aliphatic carbocycles. The molecule has 1 aliphatic heterocycles. The number of ether oxygens (including phenoxy) is 2. The van der Waals surface area contributed by atoms with E-state index in [2.05, 4.69) is 5.32 Å². The molecule has 0 spiro atoms. The summed E-state index contributed by atoms with van der Waals surface area (Å²) in [5, 5.41) is 23.6. The number of nitrogens with one attached hydrogen (secondary N) is 1. The molecule has 36 heavy (non-hydrogen) atoms. The highest BCUT2D eigenvalue weighted by Gasteiger charge is 2.52. The van der Waals surface area contributed by atoms with Crippen molar-refractivity contribution in [1.82, 2.24) is 10.2 Å². The Labute approximate surface area is 210 Å². The first-order valence-corrected chi connectivity index (χ1v) is 12.6. The number of carbonyl (C=O) groups excluding carboxylic acids is 3. The van der Waals surface area contributed by atoms with Crippen LogP contribution in [-0.2, 0) is 9.59 Å². The summed E-state index contributed by atoms with van der Waals surface area (Å²) in [6.07, 6.45) is 7.98. The molecule has 9 heteroatoms. The second kappa shape index (κ2) is 11.3. The molecule has 1 aromatic carbocycles. The normalized spacial score (nSPS) is 25.1. The number of carbonyl (C=O) groups is 3. The van der Waals surface area contributed by atoms with Crippen molar-refractivity contribution in [2.75, 3.05) is 20.3 Å². The van der Waals surface area contributed by atoms with Gasteiger partial charge in [-0.1, -0.05) is 25.8 Å². The fourth-order valence-electron chi connectivity index (χ4n) is 5.59. The molecule has 0 aromatic heterocycles. The Hall–Kier alpha value is -3.17. The van der Waals surface area contributed by atoms with Crippen molar-refractivity contribution in [2.24, 2.45) is 0 Å². The summed E-state index contributed by atoms with van der Waals surface area (Å²) in [5.41, 5.74) is 1.24. The van der Waals surface area contributed by atoms with Crippen molar-refractivity contribution in [1.29, 1.82) is 0 Å². The Morgan fingerprint density at radius 3 is 2.67 bits per heavy atom. The molecule has 194 valence electrons. The van der Waals surface area contributed by atoms with Crippen molar-refractivity contribution < 1.29 is 34.1 Å². The Balaban J connectivity index is 1.82. The van der Waals surface area contributed by atoms with E-state index in [0.717, 1.165) is 25.7 Å². The lowest BCUT2D eigenvalue weighted by molar-refractivity contribution is -0.135. The van der Waals surface area contributed by atoms with Crippen LogP contribution in [0.25, 0.3) is 0 Å². The summed E-state index contributed by atoms with van der Waals surface area (Å²) in [5.74, 6) is -0.619. The number of aliphatic hydroxyl groups is 2. The van der Waals surface area contributed by atoms with Crippen LogP contribution in [0, 0.1) is 0 Å². The Morgan fingerprint density at radius 1 is 1.28 bits per heavy atom. The number of rotatable bonds is 9. The number of nitrogens with zero attached hydrogens (tertiary/aromatic N) is 1. The zero-order chi connectivity index (χ0) is 25.8. The van der Waals surface area contributed by atoms with Gasteiger partial charge in [0.25, 0.3) is 0 Å². The Morgan fingerprint density at radius 2 is 2.03 bits per heavy atom. The van der Waals surface area contributed by atoms with Crippen LogP contribution in [0.2, 0.25) is 0 Å². The fourth-order valence-corrected chi connectivity index (χ4v) is 5.59. The number of hydrogen-bond acceptors (Lipinski definition) is 7. The predicted molar refractivity (Wildman–Crippen MR) is 132 cm³/mol. The van der Waals surface area contributed by atoms with E-state index in [-0.39, 0.29) is 25.1 Å². The quantitative estimate of drug-likeness (QED) is 0.351. The summed E-state index contributed by atoms with van der Waals surface area (Å²) in [7, 11) is 1.46. The topological polar surface area (TPSA) is 125 Å². The first-order chi connectivity index (χ1) is 17.4. The van der Waals surface area contributed by atoms with Gasteiger partial charge in [0.15, 0.2) is 11.5 Å². The lowest BCUT2D eigenvalue weighted by atomic mass is 9.77. The van der Waals surface area contributed by atoms with Crippen LogP contribution in [-0.4, -0.2) is 77.8 Å². The van der Waals surface area contributed by atoms with Crippen LogP contribution >= 0.6 is 0 Å². The Kier molecular flexibility index (Phi) is 8.11. The minimum atomic E-state index is -1.12. The molecule has 2 amide bonds. The van der Waals surface area contributed by atoms with Gasteiger partial charge in [0.1, 0.15) is 18.5 Å². The van der Waals surface area contributed by atoms with E-state index >= 15 is 0 Å². The minimum Gasteiger partial charge on any atom is -0.493 e. The Bertz CT molecular complexity index is 1060. The molecule has 3 aliphatic rings. The van der Waals surface area contributed by atoms with Crippen LogP contribution < -0.4 is 14.8 Å². The lowest BCUT2D eigenvalue weighted by Crippen LogP contribution is -2.57. The van der Waals surface area contributed by atoms with Gasteiger partial charge in [-0.05, 0) is 43.5 Å². The first-order valence-electron chi connectivity index (χ1n) is 12.6. The van der Waals surface area contributed by atoms with E-state index in [1.807, 2.05) is 6.92 Å². The molecule has 0 saturated heterocycles. The zero-order valence-corrected chi connectivity index (χ0v) is 20.7. The summed E-state index contributed by atoms with van der Waals surface area (Å²) < 4.78 is 11.7. The number of hydrogen-bond donors (Lipinski definition) is 3. The van der Waals surface area contributed by atoms with E-state index in [0.29, 0.717) is 40.9 Å². The van der Waals surface area contributed by atoms with Gasteiger partial charge in [0, 0.05) is 29.3 Å². The summed E-state index contributed by atoms with van der Waals surface area (Å²) >= 11 is 0. The maximum Gasteiger partial charge on any atom is 0.247 e. The van der Waals surface area contributed by atoms with Gasteiger partial charge < -0.3 is 29.9 Å². The number of allylic oxidation sites excluding steroid dienone is 1. The highest BCUT2D eigenvalue weighted by atomic mass is 16.5. The van der Waals surface area contributed by atoms with E-state index < -0.39 is 30.1 Å². The number of aliphatic hydroxyl groups excluding tert-OH is 2. The molecule has 9 nitrogen and oxygen atoms in total. The van der Waals surface area contributed by atoms with Gasteiger partial charge in [-0.3, -0.25) is 14.4 Å². The third kappa shape index (κ3) is 4.77. The SMILES string of the molecule is CCC=CC(=O)N(C1CCCC1)C1C=C(C(=O)NCCO)C2c3cc(C=O)cc(OC)c3OC2C1O. The number of benzene rings is 1. The standard InChI is InChI=1S/C27H34N2O7/c1-3-4-9-22(32)29(17-7-5-6-8-17)20-14-19(27(34)28-10-11-30)23-18-12-16(15-31)13-21(35-2)25(18)36-26(23)24(20)33/h4,9,12-15,17,20,23-24,26,30,33H,3,5-8,10-11H2,1-2H3,(H,28,34). The summed E-state index contributed by atoms with van der Waals surface area (Å²) in [4.78, 5) is 39.9. The molecule has 0 bridgehead atoms. The maximum atomic E-state index is 13.3.